The number of amides is 1. The van der Waals surface area contributed by atoms with Gasteiger partial charge in [0, 0.05) is 46.3 Å². The zero-order valence-corrected chi connectivity index (χ0v) is 17.5. The highest BCUT2D eigenvalue weighted by Crippen LogP contribution is 2.23. The van der Waals surface area contributed by atoms with Gasteiger partial charge in [0.15, 0.2) is 0 Å². The van der Waals surface area contributed by atoms with Crippen molar-refractivity contribution >= 4 is 11.7 Å². The summed E-state index contributed by atoms with van der Waals surface area (Å²) < 4.78 is 2.73. The first kappa shape index (κ1) is 20.9. The average Bonchev–Trinajstić information content (AvgIpc) is 2.76. The van der Waals surface area contributed by atoms with E-state index < -0.39 is 0 Å². The second-order valence-electron chi connectivity index (χ2n) is 7.71. The lowest BCUT2D eigenvalue weighted by Gasteiger charge is -2.36. The summed E-state index contributed by atoms with van der Waals surface area (Å²) in [6, 6.07) is 11.7. The van der Waals surface area contributed by atoms with Crippen molar-refractivity contribution < 1.29 is 4.79 Å². The number of anilines is 1. The lowest BCUT2D eigenvalue weighted by molar-refractivity contribution is -0.134. The minimum atomic E-state index is -0.317. The highest BCUT2D eigenvalue weighted by Gasteiger charge is 2.29. The molecular formula is C22H30N4O3. The molecule has 0 saturated carbocycles. The quantitative estimate of drug-likeness (QED) is 0.739. The normalized spacial score (nSPS) is 16.7. The van der Waals surface area contributed by atoms with Crippen molar-refractivity contribution in [3.8, 4) is 0 Å². The van der Waals surface area contributed by atoms with Crippen molar-refractivity contribution in [2.75, 3.05) is 31.6 Å². The van der Waals surface area contributed by atoms with E-state index >= 15 is 0 Å². The highest BCUT2D eigenvalue weighted by molar-refractivity contribution is 5.79. The molecule has 0 spiro atoms. The standard InChI is InChI=1S/C22H30N4O3/c1-4-26-19(15-20(27)24(3)22(26)29)25-13-8-11-18(16-25)21(28)23(2)14-12-17-9-6-5-7-10-17/h5-7,9-10,15,18H,4,8,11-14,16H2,1-3H3. The molecule has 1 saturated heterocycles. The molecule has 0 N–H and O–H groups in total. The Hall–Kier alpha value is -2.83. The number of benzene rings is 1. The molecule has 3 rings (SSSR count). The largest absolute Gasteiger partial charge is 0.357 e. The van der Waals surface area contributed by atoms with Gasteiger partial charge in [0.25, 0.3) is 5.56 Å². The van der Waals surface area contributed by atoms with E-state index in [4.69, 9.17) is 0 Å². The van der Waals surface area contributed by atoms with Crippen molar-refractivity contribution in [3.05, 3.63) is 62.8 Å². The van der Waals surface area contributed by atoms with Crippen LogP contribution in [0.2, 0.25) is 0 Å². The molecule has 29 heavy (non-hydrogen) atoms. The molecule has 1 aromatic heterocycles. The smallest absolute Gasteiger partial charge is 0.332 e. The number of rotatable bonds is 6. The van der Waals surface area contributed by atoms with Crippen LogP contribution in [0.25, 0.3) is 0 Å². The lowest BCUT2D eigenvalue weighted by atomic mass is 9.96. The van der Waals surface area contributed by atoms with E-state index in [1.807, 2.05) is 37.1 Å². The maximum Gasteiger partial charge on any atom is 0.332 e. The molecule has 0 radical (unpaired) electrons. The lowest BCUT2D eigenvalue weighted by Crippen LogP contribution is -2.47. The summed E-state index contributed by atoms with van der Waals surface area (Å²) in [6.45, 7) is 4.31. The van der Waals surface area contributed by atoms with Crippen LogP contribution in [0.15, 0.2) is 46.0 Å². The summed E-state index contributed by atoms with van der Waals surface area (Å²) in [5.41, 5.74) is 0.580. The number of carbonyl (C=O) groups excluding carboxylic acids is 1. The van der Waals surface area contributed by atoms with E-state index in [-0.39, 0.29) is 23.1 Å². The van der Waals surface area contributed by atoms with Crippen LogP contribution in [0.3, 0.4) is 0 Å². The van der Waals surface area contributed by atoms with E-state index in [1.54, 1.807) is 9.47 Å². The summed E-state index contributed by atoms with van der Waals surface area (Å²) in [6.07, 6.45) is 2.51. The van der Waals surface area contributed by atoms with Gasteiger partial charge >= 0.3 is 5.69 Å². The van der Waals surface area contributed by atoms with E-state index in [2.05, 4.69) is 12.1 Å². The van der Waals surface area contributed by atoms with Gasteiger partial charge in [-0.3, -0.25) is 18.7 Å². The predicted molar refractivity (Wildman–Crippen MR) is 114 cm³/mol. The van der Waals surface area contributed by atoms with Crippen LogP contribution >= 0.6 is 0 Å². The van der Waals surface area contributed by atoms with E-state index in [9.17, 15) is 14.4 Å². The summed E-state index contributed by atoms with van der Waals surface area (Å²) in [7, 11) is 3.34. The Balaban J connectivity index is 1.71. The minimum absolute atomic E-state index is 0.125. The second-order valence-corrected chi connectivity index (χ2v) is 7.71. The van der Waals surface area contributed by atoms with E-state index in [0.29, 0.717) is 25.5 Å². The molecule has 1 aromatic carbocycles. The fourth-order valence-corrected chi connectivity index (χ4v) is 3.97. The molecule has 7 nitrogen and oxygen atoms in total. The third-order valence-electron chi connectivity index (χ3n) is 5.74. The van der Waals surface area contributed by atoms with E-state index in [1.165, 1.54) is 18.7 Å². The van der Waals surface area contributed by atoms with Crippen molar-refractivity contribution in [1.82, 2.24) is 14.0 Å². The van der Waals surface area contributed by atoms with Crippen molar-refractivity contribution in [3.63, 3.8) is 0 Å². The predicted octanol–water partition coefficient (Wildman–Crippen LogP) is 1.48. The van der Waals surface area contributed by atoms with Crippen LogP contribution in [0.1, 0.15) is 25.3 Å². The Labute approximate surface area is 171 Å². The first-order valence-electron chi connectivity index (χ1n) is 10.3. The SMILES string of the molecule is CCn1c(N2CCCC(C(=O)N(C)CCc3ccccc3)C2)cc(=O)n(C)c1=O. The minimum Gasteiger partial charge on any atom is -0.357 e. The molecule has 7 heteroatoms. The molecule has 1 aliphatic rings. The topological polar surface area (TPSA) is 67.6 Å². The molecule has 2 aromatic rings. The van der Waals surface area contributed by atoms with Gasteiger partial charge in [-0.15, -0.1) is 0 Å². The number of piperidine rings is 1. The maximum atomic E-state index is 13.0. The fraction of sp³-hybridized carbons (Fsp3) is 0.500. The van der Waals surface area contributed by atoms with Gasteiger partial charge in [0.05, 0.1) is 5.92 Å². The molecule has 0 bridgehead atoms. The molecule has 1 atom stereocenters. The number of carbonyl (C=O) groups is 1. The Kier molecular flexibility index (Phi) is 6.56. The summed E-state index contributed by atoms with van der Waals surface area (Å²) in [4.78, 5) is 41.4. The van der Waals surface area contributed by atoms with Crippen molar-refractivity contribution in [1.29, 1.82) is 0 Å². The van der Waals surface area contributed by atoms with Gasteiger partial charge in [-0.1, -0.05) is 30.3 Å². The molecule has 1 amide bonds. The van der Waals surface area contributed by atoms with Gasteiger partial charge in [-0.25, -0.2) is 4.79 Å². The zero-order chi connectivity index (χ0) is 21.0. The number of hydrogen-bond donors (Lipinski definition) is 0. The van der Waals surface area contributed by atoms with Gasteiger partial charge < -0.3 is 9.80 Å². The third kappa shape index (κ3) is 4.60. The zero-order valence-electron chi connectivity index (χ0n) is 17.5. The first-order chi connectivity index (χ1) is 13.9. The Morgan fingerprint density at radius 3 is 2.62 bits per heavy atom. The first-order valence-corrected chi connectivity index (χ1v) is 10.3. The number of hydrogen-bond acceptors (Lipinski definition) is 4. The molecule has 1 fully saturated rings. The Bertz CT molecular complexity index is 964. The summed E-state index contributed by atoms with van der Waals surface area (Å²) in [5, 5.41) is 0. The monoisotopic (exact) mass is 398 g/mol. The van der Waals surface area contributed by atoms with Crippen LogP contribution in [0, 0.1) is 5.92 Å². The van der Waals surface area contributed by atoms with Crippen molar-refractivity contribution in [2.24, 2.45) is 13.0 Å². The van der Waals surface area contributed by atoms with E-state index in [0.717, 1.165) is 30.4 Å². The van der Waals surface area contributed by atoms with Gasteiger partial charge in [0.2, 0.25) is 5.91 Å². The molecule has 156 valence electrons. The average molecular weight is 399 g/mol. The molecule has 1 unspecified atom stereocenters. The molecule has 1 aliphatic heterocycles. The second kappa shape index (κ2) is 9.11. The van der Waals surface area contributed by atoms with Crippen LogP contribution in [-0.4, -0.2) is 46.6 Å². The summed E-state index contributed by atoms with van der Waals surface area (Å²) >= 11 is 0. The number of aromatic nitrogens is 2. The van der Waals surface area contributed by atoms with Gasteiger partial charge in [0.1, 0.15) is 5.82 Å². The Morgan fingerprint density at radius 1 is 1.21 bits per heavy atom. The Morgan fingerprint density at radius 2 is 1.93 bits per heavy atom. The van der Waals surface area contributed by atoms with Crippen LogP contribution in [0.4, 0.5) is 5.82 Å². The molecule has 0 aliphatic carbocycles. The molecule has 2 heterocycles. The van der Waals surface area contributed by atoms with Gasteiger partial charge in [-0.05, 0) is 31.7 Å². The molecular weight excluding hydrogens is 368 g/mol. The van der Waals surface area contributed by atoms with Crippen LogP contribution in [0.5, 0.6) is 0 Å². The van der Waals surface area contributed by atoms with Crippen LogP contribution < -0.4 is 16.1 Å². The highest BCUT2D eigenvalue weighted by atomic mass is 16.2. The summed E-state index contributed by atoms with van der Waals surface area (Å²) in [5.74, 6) is 0.610. The maximum absolute atomic E-state index is 13.0. The van der Waals surface area contributed by atoms with Crippen molar-refractivity contribution in [2.45, 2.75) is 32.7 Å². The number of likely N-dealkylation sites (N-methyl/N-ethyl adjacent to an activating group) is 1. The third-order valence-corrected chi connectivity index (χ3v) is 5.74. The van der Waals surface area contributed by atoms with Crippen LogP contribution in [-0.2, 0) is 24.8 Å². The van der Waals surface area contributed by atoms with Gasteiger partial charge in [-0.2, -0.15) is 0 Å². The fourth-order valence-electron chi connectivity index (χ4n) is 3.97. The number of nitrogens with zero attached hydrogens (tertiary/aromatic N) is 4.